The van der Waals surface area contributed by atoms with Crippen molar-refractivity contribution >= 4 is 37.7 Å². The summed E-state index contributed by atoms with van der Waals surface area (Å²) in [5.41, 5.74) is 6.48. The molecule has 0 aliphatic heterocycles. The molecule has 1 aromatic heterocycles. The normalized spacial score (nSPS) is 11.5. The van der Waals surface area contributed by atoms with Crippen LogP contribution >= 0.6 is 0 Å². The third-order valence-electron chi connectivity index (χ3n) is 5.54. The number of fused-ring (bicyclic) bond motifs is 2. The number of para-hydroxylation sites is 1. The molecule has 4 aromatic carbocycles. The summed E-state index contributed by atoms with van der Waals surface area (Å²) in [6.07, 6.45) is 0. The molecule has 5 rings (SSSR count). The van der Waals surface area contributed by atoms with Crippen molar-refractivity contribution < 1.29 is 13.2 Å². The van der Waals surface area contributed by atoms with Crippen LogP contribution in [0.5, 0.6) is 0 Å². The van der Waals surface area contributed by atoms with E-state index < -0.39 is 15.9 Å². The number of rotatable bonds is 6. The molecule has 0 aliphatic carbocycles. The third kappa shape index (κ3) is 4.39. The highest BCUT2D eigenvalue weighted by molar-refractivity contribution is 7.88. The van der Waals surface area contributed by atoms with Crippen molar-refractivity contribution in [1.29, 1.82) is 0 Å². The van der Waals surface area contributed by atoms with Crippen LogP contribution in [0.2, 0.25) is 0 Å². The van der Waals surface area contributed by atoms with Crippen LogP contribution in [0.1, 0.15) is 15.9 Å². The first kappa shape index (κ1) is 21.8. The fourth-order valence-electron chi connectivity index (χ4n) is 4.05. The number of carbonyl (C=O) groups is 1. The van der Waals surface area contributed by atoms with Gasteiger partial charge in [-0.3, -0.25) is 10.2 Å². The minimum atomic E-state index is -3.80. The van der Waals surface area contributed by atoms with E-state index in [4.69, 9.17) is 4.98 Å². The van der Waals surface area contributed by atoms with Gasteiger partial charge >= 0.3 is 0 Å². The lowest BCUT2D eigenvalue weighted by Gasteiger charge is -2.15. The van der Waals surface area contributed by atoms with E-state index >= 15 is 0 Å². The van der Waals surface area contributed by atoms with E-state index in [0.717, 1.165) is 11.1 Å². The van der Waals surface area contributed by atoms with Gasteiger partial charge in [-0.1, -0.05) is 91.0 Å². The first-order valence-electron chi connectivity index (χ1n) is 10.7. The second-order valence-electron chi connectivity index (χ2n) is 7.87. The van der Waals surface area contributed by atoms with Crippen molar-refractivity contribution in [2.45, 2.75) is 5.75 Å². The van der Waals surface area contributed by atoms with E-state index in [1.54, 1.807) is 24.3 Å². The molecule has 0 fully saturated rings. The number of sulfonamides is 1. The molecule has 1 heterocycles. The molecule has 0 bridgehead atoms. The van der Waals surface area contributed by atoms with Gasteiger partial charge in [0.05, 0.1) is 22.3 Å². The summed E-state index contributed by atoms with van der Waals surface area (Å²) >= 11 is 0. The van der Waals surface area contributed by atoms with Gasteiger partial charge in [-0.05, 0) is 28.8 Å². The minimum Gasteiger partial charge on any atom is -0.274 e. The molecule has 0 atom stereocenters. The molecule has 6 nitrogen and oxygen atoms in total. The molecule has 1 amide bonds. The Morgan fingerprint density at radius 3 is 2.15 bits per heavy atom. The number of nitrogens with zero attached hydrogens (tertiary/aromatic N) is 1. The Morgan fingerprint density at radius 1 is 0.735 bits per heavy atom. The van der Waals surface area contributed by atoms with Gasteiger partial charge in [-0.2, -0.15) is 0 Å². The van der Waals surface area contributed by atoms with E-state index in [2.05, 4.69) is 10.3 Å². The Labute approximate surface area is 197 Å². The summed E-state index contributed by atoms with van der Waals surface area (Å²) in [7, 11) is -3.80. The van der Waals surface area contributed by atoms with Crippen LogP contribution in [0.25, 0.3) is 32.9 Å². The van der Waals surface area contributed by atoms with Crippen molar-refractivity contribution in [3.05, 3.63) is 114 Å². The van der Waals surface area contributed by atoms with Crippen molar-refractivity contribution in [2.75, 3.05) is 0 Å². The lowest BCUT2D eigenvalue weighted by Crippen LogP contribution is -2.42. The van der Waals surface area contributed by atoms with Gasteiger partial charge in [0.1, 0.15) is 0 Å². The van der Waals surface area contributed by atoms with Crippen molar-refractivity contribution in [1.82, 2.24) is 15.2 Å². The molecule has 0 aliphatic rings. The molecule has 0 saturated carbocycles. The Hall–Kier alpha value is -4.07. The van der Waals surface area contributed by atoms with Crippen LogP contribution in [0.3, 0.4) is 0 Å². The van der Waals surface area contributed by atoms with Crippen LogP contribution in [-0.4, -0.2) is 19.3 Å². The van der Waals surface area contributed by atoms with Gasteiger partial charge in [0, 0.05) is 10.8 Å². The Bertz CT molecular complexity index is 1600. The topological polar surface area (TPSA) is 88.2 Å². The van der Waals surface area contributed by atoms with Gasteiger partial charge in [-0.15, -0.1) is 4.83 Å². The first-order chi connectivity index (χ1) is 16.5. The van der Waals surface area contributed by atoms with Crippen LogP contribution in [-0.2, 0) is 15.8 Å². The van der Waals surface area contributed by atoms with Crippen molar-refractivity contribution in [3.8, 4) is 11.1 Å². The average Bonchev–Trinajstić information content (AvgIpc) is 2.86. The number of nitrogens with one attached hydrogen (secondary N) is 2. The van der Waals surface area contributed by atoms with Crippen LogP contribution < -0.4 is 10.3 Å². The molecule has 0 saturated heterocycles. The van der Waals surface area contributed by atoms with E-state index in [1.165, 1.54) is 0 Å². The second kappa shape index (κ2) is 9.05. The highest BCUT2D eigenvalue weighted by atomic mass is 32.2. The summed E-state index contributed by atoms with van der Waals surface area (Å²) < 4.78 is 25.2. The zero-order valence-electron chi connectivity index (χ0n) is 18.1. The molecule has 7 heteroatoms. The lowest BCUT2D eigenvalue weighted by molar-refractivity contribution is 0.0948. The summed E-state index contributed by atoms with van der Waals surface area (Å²) in [5.74, 6) is -0.801. The monoisotopic (exact) mass is 467 g/mol. The molecule has 0 spiro atoms. The van der Waals surface area contributed by atoms with E-state index in [0.29, 0.717) is 32.9 Å². The smallest absolute Gasteiger partial charge is 0.267 e. The zero-order chi connectivity index (χ0) is 23.5. The lowest BCUT2D eigenvalue weighted by atomic mass is 9.94. The predicted octanol–water partition coefficient (Wildman–Crippen LogP) is 4.82. The third-order valence-corrected chi connectivity index (χ3v) is 6.66. The number of hydrogen-bond acceptors (Lipinski definition) is 4. The summed E-state index contributed by atoms with van der Waals surface area (Å²) in [4.78, 5) is 20.5. The molecule has 0 radical (unpaired) electrons. The van der Waals surface area contributed by atoms with E-state index in [-0.39, 0.29) is 5.75 Å². The van der Waals surface area contributed by atoms with Crippen LogP contribution in [0, 0.1) is 0 Å². The summed E-state index contributed by atoms with van der Waals surface area (Å²) in [6.45, 7) is 0. The first-order valence-corrected chi connectivity index (χ1v) is 12.4. The zero-order valence-corrected chi connectivity index (χ0v) is 18.9. The van der Waals surface area contributed by atoms with Gasteiger partial charge in [0.25, 0.3) is 5.91 Å². The van der Waals surface area contributed by atoms with Crippen LogP contribution in [0.15, 0.2) is 103 Å². The van der Waals surface area contributed by atoms with Gasteiger partial charge < -0.3 is 0 Å². The molecule has 34 heavy (non-hydrogen) atoms. The highest BCUT2D eigenvalue weighted by Crippen LogP contribution is 2.34. The van der Waals surface area contributed by atoms with Gasteiger partial charge in [0.2, 0.25) is 10.0 Å². The number of benzene rings is 4. The maximum atomic E-state index is 13.5. The number of hydrogen-bond donors (Lipinski definition) is 2. The Morgan fingerprint density at radius 2 is 1.38 bits per heavy atom. The number of aromatic nitrogens is 1. The second-order valence-corrected chi connectivity index (χ2v) is 9.59. The maximum absolute atomic E-state index is 13.5. The molecule has 2 N–H and O–H groups in total. The number of hydrazine groups is 1. The molecule has 0 unspecified atom stereocenters. The van der Waals surface area contributed by atoms with Crippen molar-refractivity contribution in [2.24, 2.45) is 0 Å². The Balaban J connectivity index is 1.59. The van der Waals surface area contributed by atoms with Gasteiger partial charge in [0.15, 0.2) is 0 Å². The van der Waals surface area contributed by atoms with Gasteiger partial charge in [-0.25, -0.2) is 13.4 Å². The van der Waals surface area contributed by atoms with Crippen molar-refractivity contribution in [3.63, 3.8) is 0 Å². The average molecular weight is 468 g/mol. The SMILES string of the molecule is O=C(NNS(=O)(=O)Cc1ccccc1)c1c2ccccc2nc2cccc(-c3ccccc3)c12. The number of amides is 1. The number of carbonyl (C=O) groups excluding carboxylic acids is 1. The fourth-order valence-corrected chi connectivity index (χ4v) is 5.01. The predicted molar refractivity (Wildman–Crippen MR) is 134 cm³/mol. The summed E-state index contributed by atoms with van der Waals surface area (Å²) in [6, 6.07) is 31.5. The summed E-state index contributed by atoms with van der Waals surface area (Å²) in [5, 5.41) is 1.30. The largest absolute Gasteiger partial charge is 0.274 e. The molecular formula is C27H21N3O3S. The van der Waals surface area contributed by atoms with Crippen LogP contribution in [0.4, 0.5) is 0 Å². The van der Waals surface area contributed by atoms with E-state index in [1.807, 2.05) is 78.9 Å². The highest BCUT2D eigenvalue weighted by Gasteiger charge is 2.21. The minimum absolute atomic E-state index is 0.249. The number of pyridine rings is 1. The van der Waals surface area contributed by atoms with E-state index in [9.17, 15) is 13.2 Å². The standard InChI is InChI=1S/C27H21N3O3S/c31-27(29-30-34(32,33)18-19-10-3-1-4-11-19)26-22-14-7-8-16-23(22)28-24-17-9-15-21(25(24)26)20-12-5-2-6-13-20/h1-17,30H,18H2,(H,29,31). The quantitative estimate of drug-likeness (QED) is 0.277. The fraction of sp³-hybridized carbons (Fsp3) is 0.0370. The maximum Gasteiger partial charge on any atom is 0.267 e. The molecule has 168 valence electrons. The Kier molecular flexibility index (Phi) is 5.79. The molecular weight excluding hydrogens is 446 g/mol. The molecule has 5 aromatic rings.